The van der Waals surface area contributed by atoms with Crippen molar-refractivity contribution in [2.45, 2.75) is 39.3 Å². The van der Waals surface area contributed by atoms with E-state index in [1.807, 2.05) is 30.3 Å². The first-order valence-corrected chi connectivity index (χ1v) is 13.5. The van der Waals surface area contributed by atoms with E-state index in [0.29, 0.717) is 40.4 Å². The minimum atomic E-state index is -0.933. The van der Waals surface area contributed by atoms with Gasteiger partial charge in [-0.2, -0.15) is 5.10 Å². The summed E-state index contributed by atoms with van der Waals surface area (Å²) in [6.07, 6.45) is 0.803. The van der Waals surface area contributed by atoms with Crippen molar-refractivity contribution in [2.24, 2.45) is 11.0 Å². The molecule has 10 heteroatoms. The molecule has 0 bridgehead atoms. The average molecular weight is 587 g/mol. The van der Waals surface area contributed by atoms with Crippen molar-refractivity contribution in [1.29, 1.82) is 0 Å². The molecule has 2 N–H and O–H groups in total. The fourth-order valence-corrected chi connectivity index (χ4v) is 4.00. The van der Waals surface area contributed by atoms with Crippen LogP contribution in [0.3, 0.4) is 0 Å². The van der Waals surface area contributed by atoms with E-state index in [-0.39, 0.29) is 11.4 Å². The summed E-state index contributed by atoms with van der Waals surface area (Å²) in [6, 6.07) is 18.5. The normalized spacial score (nSPS) is 12.6. The third-order valence-electron chi connectivity index (χ3n) is 5.63. The maximum Gasteiger partial charge on any atom is 0.262 e. The molecule has 0 aliphatic carbocycles. The highest BCUT2D eigenvalue weighted by Crippen LogP contribution is 2.29. The molecule has 0 spiro atoms. The van der Waals surface area contributed by atoms with Crippen LogP contribution in [-0.2, 0) is 16.0 Å². The molecule has 0 saturated carbocycles. The number of halogens is 2. The van der Waals surface area contributed by atoms with E-state index in [0.717, 1.165) is 5.56 Å². The number of hydrazone groups is 1. The number of carbonyl (C=O) groups is 2. The Morgan fingerprint density at radius 3 is 2.33 bits per heavy atom. The van der Waals surface area contributed by atoms with E-state index < -0.39 is 24.0 Å². The number of methoxy groups -OCH3 is 1. The number of amides is 2. The van der Waals surface area contributed by atoms with E-state index in [1.54, 1.807) is 44.4 Å². The van der Waals surface area contributed by atoms with Gasteiger partial charge in [0.2, 0.25) is 0 Å². The van der Waals surface area contributed by atoms with Gasteiger partial charge in [-0.25, -0.2) is 5.43 Å². The van der Waals surface area contributed by atoms with Gasteiger partial charge in [0.25, 0.3) is 11.8 Å². The zero-order valence-corrected chi connectivity index (χ0v) is 24.3. The van der Waals surface area contributed by atoms with E-state index in [9.17, 15) is 9.59 Å². The predicted octanol–water partition coefficient (Wildman–Crippen LogP) is 5.68. The zero-order valence-electron chi connectivity index (χ0n) is 22.8. The number of nitrogens with one attached hydrogen (secondary N) is 2. The largest absolute Gasteiger partial charge is 0.493 e. The second kappa shape index (κ2) is 15.1. The molecule has 0 aliphatic rings. The first-order valence-electron chi connectivity index (χ1n) is 12.8. The highest BCUT2D eigenvalue weighted by atomic mass is 35.5. The summed E-state index contributed by atoms with van der Waals surface area (Å²) < 4.78 is 16.9. The zero-order chi connectivity index (χ0) is 29.1. The molecule has 2 atom stereocenters. The Morgan fingerprint density at radius 2 is 1.65 bits per heavy atom. The quantitative estimate of drug-likeness (QED) is 0.198. The Hall–Kier alpha value is -3.75. The van der Waals surface area contributed by atoms with Crippen LogP contribution in [0.15, 0.2) is 71.8 Å². The maximum atomic E-state index is 13.1. The van der Waals surface area contributed by atoms with E-state index in [1.165, 1.54) is 12.3 Å². The average Bonchev–Trinajstić information content (AvgIpc) is 2.93. The molecular formula is C30H33Cl2N3O5. The Labute approximate surface area is 244 Å². The third-order valence-corrected chi connectivity index (χ3v) is 6.16. The van der Waals surface area contributed by atoms with Gasteiger partial charge >= 0.3 is 0 Å². The molecule has 3 aromatic rings. The molecule has 0 aromatic heterocycles. The van der Waals surface area contributed by atoms with Crippen LogP contribution in [0.1, 0.15) is 31.9 Å². The first-order chi connectivity index (χ1) is 19.2. The van der Waals surface area contributed by atoms with Gasteiger partial charge < -0.3 is 19.5 Å². The molecule has 0 fully saturated rings. The fraction of sp³-hybridized carbons (Fsp3) is 0.300. The summed E-state index contributed by atoms with van der Waals surface area (Å²) in [5, 5.41) is 7.57. The standard InChI is InChI=1S/C30H33Cl2N3O5/c1-19(2)18-39-27-12-10-22(15-28(27)38-4)17-33-35-30(37)25(14-21-8-6-5-7-9-21)34-29(36)20(3)40-26-13-11-23(31)16-24(26)32/h5-13,15-17,19-20,25H,14,18H2,1-4H3,(H,34,36)(H,35,37)/b33-17-/t20-,25+/m1/s1. The van der Waals surface area contributed by atoms with Gasteiger partial charge in [-0.3, -0.25) is 9.59 Å². The summed E-state index contributed by atoms with van der Waals surface area (Å²) in [5.74, 6) is 0.870. The van der Waals surface area contributed by atoms with Crippen LogP contribution in [-0.4, -0.2) is 43.9 Å². The molecule has 212 valence electrons. The lowest BCUT2D eigenvalue weighted by atomic mass is 10.1. The first kappa shape index (κ1) is 30.8. The minimum Gasteiger partial charge on any atom is -0.493 e. The minimum absolute atomic E-state index is 0.248. The molecule has 0 saturated heterocycles. The number of rotatable bonds is 13. The molecule has 0 aliphatic heterocycles. The van der Waals surface area contributed by atoms with Crippen LogP contribution < -0.4 is 25.0 Å². The monoisotopic (exact) mass is 585 g/mol. The molecule has 0 heterocycles. The van der Waals surface area contributed by atoms with Gasteiger partial charge in [-0.15, -0.1) is 0 Å². The number of benzene rings is 3. The van der Waals surface area contributed by atoms with Crippen molar-refractivity contribution in [3.05, 3.63) is 87.9 Å². The molecule has 0 unspecified atom stereocenters. The molecule has 2 amide bonds. The second-order valence-corrected chi connectivity index (χ2v) is 10.3. The smallest absolute Gasteiger partial charge is 0.262 e. The number of hydrogen-bond donors (Lipinski definition) is 2. The fourth-order valence-electron chi connectivity index (χ4n) is 3.55. The number of ether oxygens (including phenoxy) is 3. The van der Waals surface area contributed by atoms with Crippen molar-refractivity contribution < 1.29 is 23.8 Å². The van der Waals surface area contributed by atoms with Gasteiger partial charge in [-0.05, 0) is 60.4 Å². The molecule has 3 aromatic carbocycles. The number of nitrogens with zero attached hydrogens (tertiary/aromatic N) is 1. The summed E-state index contributed by atoms with van der Waals surface area (Å²) in [4.78, 5) is 26.1. The molecule has 40 heavy (non-hydrogen) atoms. The van der Waals surface area contributed by atoms with Crippen LogP contribution in [0.2, 0.25) is 10.0 Å². The Bertz CT molecular complexity index is 1320. The van der Waals surface area contributed by atoms with Crippen molar-refractivity contribution in [2.75, 3.05) is 13.7 Å². The second-order valence-electron chi connectivity index (χ2n) is 9.44. The molecular weight excluding hydrogens is 553 g/mol. The summed E-state index contributed by atoms with van der Waals surface area (Å²) in [7, 11) is 1.56. The highest BCUT2D eigenvalue weighted by molar-refractivity contribution is 6.35. The Morgan fingerprint density at radius 1 is 0.925 bits per heavy atom. The van der Waals surface area contributed by atoms with Crippen molar-refractivity contribution in [3.63, 3.8) is 0 Å². The topological polar surface area (TPSA) is 98.2 Å². The van der Waals surface area contributed by atoms with Gasteiger partial charge in [0.15, 0.2) is 17.6 Å². The van der Waals surface area contributed by atoms with Gasteiger partial charge in [0.05, 0.1) is 25.0 Å². The van der Waals surface area contributed by atoms with Crippen molar-refractivity contribution >= 4 is 41.2 Å². The summed E-state index contributed by atoms with van der Waals surface area (Å²) in [6.45, 7) is 6.25. The van der Waals surface area contributed by atoms with Gasteiger partial charge in [-0.1, -0.05) is 67.4 Å². The summed E-state index contributed by atoms with van der Waals surface area (Å²) >= 11 is 12.1. The van der Waals surface area contributed by atoms with Crippen LogP contribution >= 0.6 is 23.2 Å². The van der Waals surface area contributed by atoms with E-state index in [2.05, 4.69) is 29.7 Å². The van der Waals surface area contributed by atoms with Crippen LogP contribution in [0.25, 0.3) is 0 Å². The van der Waals surface area contributed by atoms with Crippen LogP contribution in [0, 0.1) is 5.92 Å². The maximum absolute atomic E-state index is 13.1. The lowest BCUT2D eigenvalue weighted by Gasteiger charge is -2.21. The molecule has 8 nitrogen and oxygen atoms in total. The molecule has 0 radical (unpaired) electrons. The lowest BCUT2D eigenvalue weighted by Crippen LogP contribution is -2.50. The van der Waals surface area contributed by atoms with Gasteiger partial charge in [0.1, 0.15) is 11.8 Å². The Balaban J connectivity index is 1.68. The number of hydrogen-bond acceptors (Lipinski definition) is 6. The Kier molecular flexibility index (Phi) is 11.7. The van der Waals surface area contributed by atoms with Crippen molar-refractivity contribution in [3.8, 4) is 17.2 Å². The van der Waals surface area contributed by atoms with Gasteiger partial charge in [0, 0.05) is 11.4 Å². The predicted molar refractivity (Wildman–Crippen MR) is 158 cm³/mol. The van der Waals surface area contributed by atoms with E-state index in [4.69, 9.17) is 37.4 Å². The van der Waals surface area contributed by atoms with Crippen LogP contribution in [0.5, 0.6) is 17.2 Å². The summed E-state index contributed by atoms with van der Waals surface area (Å²) in [5.41, 5.74) is 4.08. The van der Waals surface area contributed by atoms with Crippen LogP contribution in [0.4, 0.5) is 0 Å². The van der Waals surface area contributed by atoms with E-state index >= 15 is 0 Å². The SMILES string of the molecule is COc1cc(/C=N\NC(=O)[C@H](Cc2ccccc2)NC(=O)[C@@H](C)Oc2ccc(Cl)cc2Cl)ccc1OCC(C)C. The van der Waals surface area contributed by atoms with Crippen molar-refractivity contribution in [1.82, 2.24) is 10.7 Å². The lowest BCUT2D eigenvalue weighted by molar-refractivity contribution is -0.132. The highest BCUT2D eigenvalue weighted by Gasteiger charge is 2.25. The third kappa shape index (κ3) is 9.47. The molecule has 3 rings (SSSR count). The number of carbonyl (C=O) groups excluding carboxylic acids is 2.